The first-order chi connectivity index (χ1) is 15.5. The molecule has 2 amide bonds. The Hall–Kier alpha value is -4.11. The number of rotatable bonds is 6. The molecule has 0 aliphatic heterocycles. The van der Waals surface area contributed by atoms with Crippen molar-refractivity contribution in [1.82, 2.24) is 10.9 Å². The molecule has 0 saturated heterocycles. The summed E-state index contributed by atoms with van der Waals surface area (Å²) < 4.78 is 10.2. The van der Waals surface area contributed by atoms with Gasteiger partial charge >= 0.3 is 0 Å². The van der Waals surface area contributed by atoms with Gasteiger partial charge in [0.25, 0.3) is 11.8 Å². The number of carbonyl (C=O) groups is 2. The van der Waals surface area contributed by atoms with Gasteiger partial charge in [-0.05, 0) is 85.0 Å². The molecule has 0 atom stereocenters. The number of nitrogens with one attached hydrogen (secondary N) is 4. The van der Waals surface area contributed by atoms with Crippen molar-refractivity contribution < 1.29 is 19.1 Å². The molecule has 4 N–H and O–H groups in total. The molecule has 32 heavy (non-hydrogen) atoms. The number of hydrogen-bond donors (Lipinski definition) is 4. The number of thiocarbonyl (C=S) groups is 1. The van der Waals surface area contributed by atoms with Crippen LogP contribution in [-0.2, 0) is 0 Å². The predicted octanol–water partition coefficient (Wildman–Crippen LogP) is 3.59. The van der Waals surface area contributed by atoms with Gasteiger partial charge in [0.2, 0.25) is 0 Å². The molecule has 0 bridgehead atoms. The quantitative estimate of drug-likeness (QED) is 0.336. The summed E-state index contributed by atoms with van der Waals surface area (Å²) in [4.78, 5) is 24.7. The van der Waals surface area contributed by atoms with Crippen LogP contribution in [0.3, 0.4) is 0 Å². The van der Waals surface area contributed by atoms with Gasteiger partial charge in [-0.2, -0.15) is 0 Å². The van der Waals surface area contributed by atoms with E-state index in [0.29, 0.717) is 22.6 Å². The maximum absolute atomic E-state index is 12.3. The fraction of sp³-hybridized carbons (Fsp3) is 0.0870. The normalized spacial score (nSPS) is 9.94. The average molecular weight is 451 g/mol. The third kappa shape index (κ3) is 6.19. The Labute approximate surface area is 190 Å². The lowest BCUT2D eigenvalue weighted by molar-refractivity contribution is 0.0943. The fourth-order valence-corrected chi connectivity index (χ4v) is 2.84. The van der Waals surface area contributed by atoms with Gasteiger partial charge in [0.1, 0.15) is 11.5 Å². The molecule has 8 nitrogen and oxygen atoms in total. The summed E-state index contributed by atoms with van der Waals surface area (Å²) in [5.74, 6) is 0.758. The van der Waals surface area contributed by atoms with Crippen molar-refractivity contribution in [2.45, 2.75) is 0 Å². The van der Waals surface area contributed by atoms with Crippen molar-refractivity contribution in [2.24, 2.45) is 0 Å². The Morgan fingerprint density at radius 1 is 0.625 bits per heavy atom. The molecule has 0 spiro atoms. The van der Waals surface area contributed by atoms with Gasteiger partial charge in [-0.1, -0.05) is 0 Å². The van der Waals surface area contributed by atoms with E-state index in [0.717, 1.165) is 11.4 Å². The molecule has 164 valence electrons. The number of benzene rings is 3. The molecular formula is C23H22N4O4S. The summed E-state index contributed by atoms with van der Waals surface area (Å²) >= 11 is 5.17. The van der Waals surface area contributed by atoms with Crippen molar-refractivity contribution in [3.8, 4) is 11.5 Å². The maximum atomic E-state index is 12.3. The number of carbonyl (C=O) groups excluding carboxylic acids is 2. The Kier molecular flexibility index (Phi) is 7.60. The highest BCUT2D eigenvalue weighted by molar-refractivity contribution is 7.80. The van der Waals surface area contributed by atoms with E-state index in [-0.39, 0.29) is 16.9 Å². The fourth-order valence-electron chi connectivity index (χ4n) is 2.67. The molecule has 0 aromatic heterocycles. The van der Waals surface area contributed by atoms with E-state index in [1.165, 1.54) is 0 Å². The number of ether oxygens (including phenoxy) is 2. The van der Waals surface area contributed by atoms with Crippen molar-refractivity contribution in [3.63, 3.8) is 0 Å². The number of hydrazine groups is 1. The first kappa shape index (κ1) is 22.6. The summed E-state index contributed by atoms with van der Waals surface area (Å²) in [5.41, 5.74) is 7.36. The van der Waals surface area contributed by atoms with Gasteiger partial charge in [0.05, 0.1) is 14.2 Å². The zero-order chi connectivity index (χ0) is 22.9. The summed E-state index contributed by atoms with van der Waals surface area (Å²) in [7, 11) is 3.15. The highest BCUT2D eigenvalue weighted by atomic mass is 32.1. The summed E-state index contributed by atoms with van der Waals surface area (Å²) in [5, 5.41) is 5.96. The average Bonchev–Trinajstić information content (AvgIpc) is 2.83. The number of amides is 2. The Morgan fingerprint density at radius 3 is 1.62 bits per heavy atom. The van der Waals surface area contributed by atoms with Gasteiger partial charge in [-0.25, -0.2) is 0 Å². The van der Waals surface area contributed by atoms with Gasteiger partial charge in [0, 0.05) is 22.5 Å². The second-order valence-corrected chi connectivity index (χ2v) is 6.93. The molecule has 3 aromatic rings. The largest absolute Gasteiger partial charge is 0.497 e. The van der Waals surface area contributed by atoms with Crippen molar-refractivity contribution >= 4 is 40.5 Å². The van der Waals surface area contributed by atoms with Crippen LogP contribution in [0.4, 0.5) is 11.4 Å². The molecule has 0 radical (unpaired) electrons. The van der Waals surface area contributed by atoms with E-state index in [4.69, 9.17) is 21.7 Å². The summed E-state index contributed by atoms with van der Waals surface area (Å²) in [6, 6.07) is 20.4. The molecular weight excluding hydrogens is 428 g/mol. The SMILES string of the molecule is COc1ccc(NC(=S)NNC(=O)c2ccc(NC(=O)c3ccc(OC)cc3)cc2)cc1. The monoisotopic (exact) mass is 450 g/mol. The molecule has 9 heteroatoms. The third-order valence-electron chi connectivity index (χ3n) is 4.39. The lowest BCUT2D eigenvalue weighted by Gasteiger charge is -2.12. The van der Waals surface area contributed by atoms with Crippen LogP contribution in [0.1, 0.15) is 20.7 Å². The number of hydrogen-bond acceptors (Lipinski definition) is 5. The van der Waals surface area contributed by atoms with Crippen molar-refractivity contribution in [1.29, 1.82) is 0 Å². The van der Waals surface area contributed by atoms with Crippen LogP contribution in [0.25, 0.3) is 0 Å². The molecule has 0 heterocycles. The van der Waals surface area contributed by atoms with E-state index in [1.54, 1.807) is 87.0 Å². The van der Waals surface area contributed by atoms with Crippen LogP contribution < -0.4 is 31.0 Å². The molecule has 0 aliphatic carbocycles. The second kappa shape index (κ2) is 10.8. The van der Waals surface area contributed by atoms with Gasteiger partial charge in [-0.3, -0.25) is 20.4 Å². The second-order valence-electron chi connectivity index (χ2n) is 6.52. The molecule has 3 rings (SSSR count). The summed E-state index contributed by atoms with van der Waals surface area (Å²) in [6.45, 7) is 0. The van der Waals surface area contributed by atoms with Gasteiger partial charge in [-0.15, -0.1) is 0 Å². The lowest BCUT2D eigenvalue weighted by Crippen LogP contribution is -2.43. The molecule has 0 unspecified atom stereocenters. The Morgan fingerprint density at radius 2 is 1.06 bits per heavy atom. The minimum Gasteiger partial charge on any atom is -0.497 e. The Balaban J connectivity index is 1.49. The summed E-state index contributed by atoms with van der Waals surface area (Å²) in [6.07, 6.45) is 0. The van der Waals surface area contributed by atoms with E-state index >= 15 is 0 Å². The van der Waals surface area contributed by atoms with Crippen molar-refractivity contribution in [3.05, 3.63) is 83.9 Å². The molecule has 0 saturated carbocycles. The predicted molar refractivity (Wildman–Crippen MR) is 127 cm³/mol. The molecule has 3 aromatic carbocycles. The maximum Gasteiger partial charge on any atom is 0.269 e. The van der Waals surface area contributed by atoms with Crippen LogP contribution in [0, 0.1) is 0 Å². The Bertz CT molecular complexity index is 1080. The van der Waals surface area contributed by atoms with Crippen molar-refractivity contribution in [2.75, 3.05) is 24.9 Å². The lowest BCUT2D eigenvalue weighted by atomic mass is 10.1. The first-order valence-electron chi connectivity index (χ1n) is 9.55. The van der Waals surface area contributed by atoms with Crippen LogP contribution in [0.2, 0.25) is 0 Å². The van der Waals surface area contributed by atoms with E-state index in [1.807, 2.05) is 0 Å². The zero-order valence-electron chi connectivity index (χ0n) is 17.5. The van der Waals surface area contributed by atoms with Crippen LogP contribution in [0.15, 0.2) is 72.8 Å². The third-order valence-corrected chi connectivity index (χ3v) is 4.60. The minimum absolute atomic E-state index is 0.229. The van der Waals surface area contributed by atoms with Gasteiger partial charge < -0.3 is 20.1 Å². The smallest absolute Gasteiger partial charge is 0.269 e. The topological polar surface area (TPSA) is 101 Å². The zero-order valence-corrected chi connectivity index (χ0v) is 18.3. The van der Waals surface area contributed by atoms with Crippen LogP contribution >= 0.6 is 12.2 Å². The highest BCUT2D eigenvalue weighted by Crippen LogP contribution is 2.16. The van der Waals surface area contributed by atoms with Crippen LogP contribution in [-0.4, -0.2) is 31.1 Å². The highest BCUT2D eigenvalue weighted by Gasteiger charge is 2.09. The number of methoxy groups -OCH3 is 2. The molecule has 0 aliphatic rings. The number of anilines is 2. The minimum atomic E-state index is -0.378. The van der Waals surface area contributed by atoms with Gasteiger partial charge in [0.15, 0.2) is 5.11 Å². The van der Waals surface area contributed by atoms with E-state index < -0.39 is 0 Å². The molecule has 0 fully saturated rings. The van der Waals surface area contributed by atoms with E-state index in [2.05, 4.69) is 21.5 Å². The standard InChI is InChI=1S/C23H22N4O4S/c1-30-19-11-5-15(6-12-19)21(28)24-17-7-3-16(4-8-17)22(29)26-27-23(32)25-18-9-13-20(31-2)14-10-18/h3-14H,1-2H3,(H,24,28)(H,26,29)(H2,25,27,32). The first-order valence-corrected chi connectivity index (χ1v) is 9.96. The van der Waals surface area contributed by atoms with Crippen LogP contribution in [0.5, 0.6) is 11.5 Å². The van der Waals surface area contributed by atoms with E-state index in [9.17, 15) is 9.59 Å².